The number of nitrogens with one attached hydrogen (secondary N) is 1. The highest BCUT2D eigenvalue weighted by Gasteiger charge is 2.19. The van der Waals surface area contributed by atoms with Crippen LogP contribution < -0.4 is 10.1 Å². The zero-order chi connectivity index (χ0) is 13.8. The molecule has 0 saturated carbocycles. The topological polar surface area (TPSA) is 58.6 Å². The Labute approximate surface area is 110 Å². The maximum absolute atomic E-state index is 13.1. The fourth-order valence-electron chi connectivity index (χ4n) is 1.89. The Morgan fingerprint density at radius 1 is 1.53 bits per heavy atom. The molecule has 6 heteroatoms. The summed E-state index contributed by atoms with van der Waals surface area (Å²) in [5.41, 5.74) is 0.214. The second-order valence-electron chi connectivity index (χ2n) is 4.26. The minimum absolute atomic E-state index is 0.116. The molecule has 1 N–H and O–H groups in total. The number of carbonyl (C=O) groups excluding carboxylic acids is 2. The molecule has 0 spiro atoms. The highest BCUT2D eigenvalue weighted by Crippen LogP contribution is 2.20. The monoisotopic (exact) mass is 266 g/mol. The van der Waals surface area contributed by atoms with E-state index < -0.39 is 5.82 Å². The standard InChI is InChI=1S/C13H15FN2O3/c1-9(17)11-8-10(14)2-3-12(11)19-7-6-16-5-4-15-13(16)18/h2-3,8H,4-7H2,1H3,(H,15,18). The van der Waals surface area contributed by atoms with E-state index in [1.807, 2.05) is 0 Å². The molecule has 1 heterocycles. The number of Topliss-reactive ketones (excluding diaryl/α,β-unsaturated/α-hetero) is 1. The molecule has 102 valence electrons. The number of hydrogen-bond donors (Lipinski definition) is 1. The largest absolute Gasteiger partial charge is 0.491 e. The van der Waals surface area contributed by atoms with Crippen molar-refractivity contribution in [1.82, 2.24) is 10.2 Å². The van der Waals surface area contributed by atoms with Gasteiger partial charge in [-0.25, -0.2) is 9.18 Å². The third-order valence-corrected chi connectivity index (χ3v) is 2.88. The fourth-order valence-corrected chi connectivity index (χ4v) is 1.89. The Morgan fingerprint density at radius 3 is 2.95 bits per heavy atom. The number of halogens is 1. The summed E-state index contributed by atoms with van der Waals surface area (Å²) in [5, 5.41) is 2.68. The Hall–Kier alpha value is -2.11. The van der Waals surface area contributed by atoms with Crippen LogP contribution in [0.2, 0.25) is 0 Å². The van der Waals surface area contributed by atoms with Crippen molar-refractivity contribution in [3.8, 4) is 5.75 Å². The molecule has 1 fully saturated rings. The van der Waals surface area contributed by atoms with Crippen LogP contribution in [0.3, 0.4) is 0 Å². The first kappa shape index (κ1) is 13.3. The van der Waals surface area contributed by atoms with Gasteiger partial charge < -0.3 is 15.0 Å². The van der Waals surface area contributed by atoms with Crippen molar-refractivity contribution < 1.29 is 18.7 Å². The van der Waals surface area contributed by atoms with Gasteiger partial charge in [0.05, 0.1) is 12.1 Å². The number of amides is 2. The van der Waals surface area contributed by atoms with E-state index in [4.69, 9.17) is 4.74 Å². The van der Waals surface area contributed by atoms with Gasteiger partial charge in [0.1, 0.15) is 18.2 Å². The van der Waals surface area contributed by atoms with Crippen LogP contribution in [-0.4, -0.2) is 43.0 Å². The molecule has 1 saturated heterocycles. The molecule has 2 amide bonds. The van der Waals surface area contributed by atoms with Gasteiger partial charge in [-0.05, 0) is 25.1 Å². The van der Waals surface area contributed by atoms with Crippen molar-refractivity contribution in [2.45, 2.75) is 6.92 Å². The lowest BCUT2D eigenvalue weighted by molar-refractivity contribution is 0.101. The van der Waals surface area contributed by atoms with Gasteiger partial charge in [-0.2, -0.15) is 0 Å². The Kier molecular flexibility index (Phi) is 3.99. The minimum atomic E-state index is -0.475. The first-order valence-electron chi connectivity index (χ1n) is 6.04. The number of ether oxygens (including phenoxy) is 1. The number of hydrogen-bond acceptors (Lipinski definition) is 3. The summed E-state index contributed by atoms with van der Waals surface area (Å²) in [6, 6.07) is 3.70. The van der Waals surface area contributed by atoms with E-state index in [1.54, 1.807) is 4.90 Å². The molecule has 5 nitrogen and oxygen atoms in total. The van der Waals surface area contributed by atoms with Gasteiger partial charge in [-0.3, -0.25) is 4.79 Å². The third-order valence-electron chi connectivity index (χ3n) is 2.88. The molecule has 0 aromatic heterocycles. The van der Waals surface area contributed by atoms with Gasteiger partial charge in [-0.1, -0.05) is 0 Å². The van der Waals surface area contributed by atoms with Crippen molar-refractivity contribution in [1.29, 1.82) is 0 Å². The molecule has 1 aromatic carbocycles. The maximum Gasteiger partial charge on any atom is 0.317 e. The zero-order valence-electron chi connectivity index (χ0n) is 10.6. The van der Waals surface area contributed by atoms with Crippen LogP contribution in [-0.2, 0) is 0 Å². The SMILES string of the molecule is CC(=O)c1cc(F)ccc1OCCN1CCNC1=O. The van der Waals surface area contributed by atoms with Gasteiger partial charge in [0, 0.05) is 13.1 Å². The molecule has 1 aliphatic heterocycles. The number of carbonyl (C=O) groups is 2. The second-order valence-corrected chi connectivity index (χ2v) is 4.26. The first-order valence-corrected chi connectivity index (χ1v) is 6.04. The maximum atomic E-state index is 13.1. The Bertz CT molecular complexity index is 505. The predicted molar refractivity (Wildman–Crippen MR) is 66.9 cm³/mol. The summed E-state index contributed by atoms with van der Waals surface area (Å²) in [7, 11) is 0. The molecule has 19 heavy (non-hydrogen) atoms. The summed E-state index contributed by atoms with van der Waals surface area (Å²) in [4.78, 5) is 24.3. The average Bonchev–Trinajstić information content (AvgIpc) is 2.77. The van der Waals surface area contributed by atoms with Crippen LogP contribution in [0.5, 0.6) is 5.75 Å². The molecule has 0 bridgehead atoms. The summed E-state index contributed by atoms with van der Waals surface area (Å²) in [6.07, 6.45) is 0. The van der Waals surface area contributed by atoms with E-state index in [9.17, 15) is 14.0 Å². The smallest absolute Gasteiger partial charge is 0.317 e. The number of nitrogens with zero attached hydrogens (tertiary/aromatic N) is 1. The fraction of sp³-hybridized carbons (Fsp3) is 0.385. The van der Waals surface area contributed by atoms with Gasteiger partial charge in [0.15, 0.2) is 5.78 Å². The predicted octanol–water partition coefficient (Wildman–Crippen LogP) is 1.43. The summed E-state index contributed by atoms with van der Waals surface area (Å²) in [6.45, 7) is 3.33. The molecule has 0 radical (unpaired) electrons. The summed E-state index contributed by atoms with van der Waals surface area (Å²) >= 11 is 0. The van der Waals surface area contributed by atoms with E-state index in [0.717, 1.165) is 6.07 Å². The third kappa shape index (κ3) is 3.21. The summed E-state index contributed by atoms with van der Waals surface area (Å²) in [5.74, 6) is -0.390. The van der Waals surface area contributed by atoms with Crippen molar-refractivity contribution in [3.63, 3.8) is 0 Å². The van der Waals surface area contributed by atoms with Crippen molar-refractivity contribution in [2.24, 2.45) is 0 Å². The zero-order valence-corrected chi connectivity index (χ0v) is 10.6. The van der Waals surface area contributed by atoms with Gasteiger partial charge in [-0.15, -0.1) is 0 Å². The molecule has 1 aromatic rings. The lowest BCUT2D eigenvalue weighted by atomic mass is 10.1. The average molecular weight is 266 g/mol. The molecular weight excluding hydrogens is 251 g/mol. The second kappa shape index (κ2) is 5.69. The van der Waals surface area contributed by atoms with E-state index in [0.29, 0.717) is 25.4 Å². The Balaban J connectivity index is 1.95. The van der Waals surface area contributed by atoms with Gasteiger partial charge >= 0.3 is 6.03 Å². The number of ketones is 1. The van der Waals surface area contributed by atoms with Crippen LogP contribution in [0.15, 0.2) is 18.2 Å². The summed E-state index contributed by atoms with van der Waals surface area (Å²) < 4.78 is 18.5. The van der Waals surface area contributed by atoms with Crippen LogP contribution in [0, 0.1) is 5.82 Å². The van der Waals surface area contributed by atoms with E-state index in [1.165, 1.54) is 19.1 Å². The van der Waals surface area contributed by atoms with E-state index in [-0.39, 0.29) is 24.0 Å². The van der Waals surface area contributed by atoms with Crippen LogP contribution in [0.4, 0.5) is 9.18 Å². The molecule has 0 atom stereocenters. The lowest BCUT2D eigenvalue weighted by Crippen LogP contribution is -2.32. The minimum Gasteiger partial charge on any atom is -0.491 e. The van der Waals surface area contributed by atoms with E-state index >= 15 is 0 Å². The molecule has 0 aliphatic carbocycles. The number of benzene rings is 1. The van der Waals surface area contributed by atoms with Crippen LogP contribution >= 0.6 is 0 Å². The highest BCUT2D eigenvalue weighted by molar-refractivity contribution is 5.96. The van der Waals surface area contributed by atoms with Crippen LogP contribution in [0.1, 0.15) is 17.3 Å². The molecule has 2 rings (SSSR count). The van der Waals surface area contributed by atoms with Crippen molar-refractivity contribution >= 4 is 11.8 Å². The first-order chi connectivity index (χ1) is 9.08. The molecule has 0 unspecified atom stereocenters. The van der Waals surface area contributed by atoms with Crippen molar-refractivity contribution in [3.05, 3.63) is 29.6 Å². The molecular formula is C13H15FN2O3. The highest BCUT2D eigenvalue weighted by atomic mass is 19.1. The number of urea groups is 1. The number of rotatable bonds is 5. The normalized spacial score (nSPS) is 14.4. The Morgan fingerprint density at radius 2 is 2.32 bits per heavy atom. The molecule has 1 aliphatic rings. The van der Waals surface area contributed by atoms with Gasteiger partial charge in [0.25, 0.3) is 0 Å². The van der Waals surface area contributed by atoms with Crippen molar-refractivity contribution in [2.75, 3.05) is 26.2 Å². The quantitative estimate of drug-likeness (QED) is 0.820. The van der Waals surface area contributed by atoms with Crippen LogP contribution in [0.25, 0.3) is 0 Å². The van der Waals surface area contributed by atoms with E-state index in [2.05, 4.69) is 5.32 Å². The van der Waals surface area contributed by atoms with Gasteiger partial charge in [0.2, 0.25) is 0 Å². The lowest BCUT2D eigenvalue weighted by Gasteiger charge is -2.15.